The molecule has 20 heavy (non-hydrogen) atoms. The summed E-state index contributed by atoms with van der Waals surface area (Å²) in [5, 5.41) is 0. The monoisotopic (exact) mass is 283 g/mol. The summed E-state index contributed by atoms with van der Waals surface area (Å²) < 4.78 is 11.5. The summed E-state index contributed by atoms with van der Waals surface area (Å²) in [4.78, 5) is 9.19. The Morgan fingerprint density at radius 2 is 1.80 bits per heavy atom. The molecule has 0 unspecified atom stereocenters. The molecule has 116 valence electrons. The number of guanidine groups is 1. The largest absolute Gasteiger partial charge is 0.381 e. The molecule has 2 rings (SSSR count). The van der Waals surface area contributed by atoms with Gasteiger partial charge in [0.25, 0.3) is 0 Å². The van der Waals surface area contributed by atoms with Gasteiger partial charge in [0, 0.05) is 53.4 Å². The van der Waals surface area contributed by atoms with Crippen molar-refractivity contribution in [3.8, 4) is 0 Å². The van der Waals surface area contributed by atoms with E-state index in [1.807, 2.05) is 28.2 Å². The summed E-state index contributed by atoms with van der Waals surface area (Å²) in [7, 11) is 8.20. The lowest BCUT2D eigenvalue weighted by Crippen LogP contribution is -2.60. The Morgan fingerprint density at radius 1 is 1.20 bits per heavy atom. The fraction of sp³-hybridized carbons (Fsp3) is 0.933. The van der Waals surface area contributed by atoms with Gasteiger partial charge in [-0.15, -0.1) is 0 Å². The maximum Gasteiger partial charge on any atom is 0.195 e. The Hall–Kier alpha value is -0.810. The molecule has 0 aromatic carbocycles. The fourth-order valence-corrected chi connectivity index (χ4v) is 3.52. The zero-order valence-electron chi connectivity index (χ0n) is 13.6. The van der Waals surface area contributed by atoms with E-state index in [2.05, 4.69) is 16.7 Å². The summed E-state index contributed by atoms with van der Waals surface area (Å²) in [5.74, 6) is 1.04. The maximum absolute atomic E-state index is 5.95. The van der Waals surface area contributed by atoms with Crippen LogP contribution in [0, 0.1) is 5.41 Å². The minimum absolute atomic E-state index is 0.200. The van der Waals surface area contributed by atoms with Gasteiger partial charge in [0.1, 0.15) is 0 Å². The second-order valence-corrected chi connectivity index (χ2v) is 6.26. The van der Waals surface area contributed by atoms with E-state index < -0.39 is 0 Å². The van der Waals surface area contributed by atoms with Gasteiger partial charge in [-0.2, -0.15) is 0 Å². The SMILES string of the molecule is CCO[C@@H]1C[C@@H](N=C(N(C)C)N(C)C)C12CCOCC2. The van der Waals surface area contributed by atoms with E-state index in [4.69, 9.17) is 14.5 Å². The standard InChI is InChI=1S/C15H29N3O2/c1-6-20-13-11-12(15(13)7-9-19-10-8-15)16-14(17(2)3)18(4)5/h12-13H,6-11H2,1-5H3/t12-,13-/m1/s1. The zero-order chi connectivity index (χ0) is 14.8. The van der Waals surface area contributed by atoms with E-state index in [9.17, 15) is 0 Å². The summed E-state index contributed by atoms with van der Waals surface area (Å²) in [6.45, 7) is 4.55. The van der Waals surface area contributed by atoms with Gasteiger partial charge in [0.15, 0.2) is 5.96 Å². The highest BCUT2D eigenvalue weighted by molar-refractivity contribution is 5.79. The van der Waals surface area contributed by atoms with Crippen LogP contribution >= 0.6 is 0 Å². The van der Waals surface area contributed by atoms with E-state index in [1.165, 1.54) is 0 Å². The van der Waals surface area contributed by atoms with E-state index in [0.29, 0.717) is 12.1 Å². The van der Waals surface area contributed by atoms with Gasteiger partial charge in [-0.25, -0.2) is 4.99 Å². The molecule has 1 heterocycles. The summed E-state index contributed by atoms with van der Waals surface area (Å²) in [5.41, 5.74) is 0.200. The molecule has 2 fully saturated rings. The number of hydrogen-bond donors (Lipinski definition) is 0. The quantitative estimate of drug-likeness (QED) is 0.580. The van der Waals surface area contributed by atoms with Gasteiger partial charge in [-0.1, -0.05) is 0 Å². The third-order valence-electron chi connectivity index (χ3n) is 4.61. The Kier molecular flexibility index (Phi) is 4.91. The van der Waals surface area contributed by atoms with Gasteiger partial charge in [0.2, 0.25) is 0 Å². The van der Waals surface area contributed by atoms with E-state index in [-0.39, 0.29) is 5.41 Å². The van der Waals surface area contributed by atoms with Crippen LogP contribution in [0.1, 0.15) is 26.2 Å². The first kappa shape index (κ1) is 15.6. The summed E-state index contributed by atoms with van der Waals surface area (Å²) >= 11 is 0. The normalized spacial score (nSPS) is 27.9. The van der Waals surface area contributed by atoms with Crippen LogP contribution in [-0.4, -0.2) is 75.9 Å². The van der Waals surface area contributed by atoms with Crippen molar-refractivity contribution in [1.82, 2.24) is 9.80 Å². The van der Waals surface area contributed by atoms with Crippen LogP contribution in [0.2, 0.25) is 0 Å². The van der Waals surface area contributed by atoms with E-state index >= 15 is 0 Å². The van der Waals surface area contributed by atoms with Crippen molar-refractivity contribution in [3.05, 3.63) is 0 Å². The van der Waals surface area contributed by atoms with Crippen molar-refractivity contribution in [2.75, 3.05) is 48.0 Å². The molecule has 1 aliphatic carbocycles. The van der Waals surface area contributed by atoms with Gasteiger partial charge in [-0.05, 0) is 26.2 Å². The first-order valence-electron chi connectivity index (χ1n) is 7.63. The zero-order valence-corrected chi connectivity index (χ0v) is 13.6. The van der Waals surface area contributed by atoms with Gasteiger partial charge in [-0.3, -0.25) is 0 Å². The number of aliphatic imine (C=N–C) groups is 1. The molecule has 0 aromatic heterocycles. The lowest BCUT2D eigenvalue weighted by Gasteiger charge is -2.55. The molecule has 0 bridgehead atoms. The molecule has 5 heteroatoms. The lowest BCUT2D eigenvalue weighted by atomic mass is 9.58. The van der Waals surface area contributed by atoms with E-state index in [1.54, 1.807) is 0 Å². The van der Waals surface area contributed by atoms with Crippen molar-refractivity contribution >= 4 is 5.96 Å². The highest BCUT2D eigenvalue weighted by Gasteiger charge is 2.56. The third kappa shape index (κ3) is 2.79. The molecule has 0 amide bonds. The number of hydrogen-bond acceptors (Lipinski definition) is 3. The maximum atomic E-state index is 5.95. The Bertz CT molecular complexity index is 339. The average Bonchev–Trinajstić information content (AvgIpc) is 2.42. The molecule has 2 aliphatic rings. The predicted octanol–water partition coefficient (Wildman–Crippen LogP) is 1.44. The molecule has 0 aromatic rings. The van der Waals surface area contributed by atoms with Crippen LogP contribution < -0.4 is 0 Å². The number of ether oxygens (including phenoxy) is 2. The molecule has 5 nitrogen and oxygen atoms in total. The van der Waals surface area contributed by atoms with Crippen molar-refractivity contribution in [3.63, 3.8) is 0 Å². The van der Waals surface area contributed by atoms with E-state index in [0.717, 1.165) is 45.0 Å². The fourth-order valence-electron chi connectivity index (χ4n) is 3.52. The van der Waals surface area contributed by atoms with Gasteiger partial charge in [0.05, 0.1) is 12.1 Å². The molecule has 0 radical (unpaired) electrons. The lowest BCUT2D eigenvalue weighted by molar-refractivity contribution is -0.163. The number of rotatable bonds is 3. The Morgan fingerprint density at radius 3 is 2.30 bits per heavy atom. The molecular formula is C15H29N3O2. The Balaban J connectivity index is 2.17. The molecular weight excluding hydrogens is 254 g/mol. The summed E-state index contributed by atoms with van der Waals surface area (Å²) in [6, 6.07) is 0.364. The molecule has 2 atom stereocenters. The van der Waals surface area contributed by atoms with Crippen molar-refractivity contribution in [1.29, 1.82) is 0 Å². The van der Waals surface area contributed by atoms with Crippen LogP contribution in [0.3, 0.4) is 0 Å². The smallest absolute Gasteiger partial charge is 0.195 e. The highest BCUT2D eigenvalue weighted by Crippen LogP contribution is 2.52. The minimum atomic E-state index is 0.200. The van der Waals surface area contributed by atoms with Crippen LogP contribution in [0.5, 0.6) is 0 Å². The average molecular weight is 283 g/mol. The second kappa shape index (κ2) is 6.31. The van der Waals surface area contributed by atoms with Crippen molar-refractivity contribution < 1.29 is 9.47 Å². The van der Waals surface area contributed by atoms with Crippen molar-refractivity contribution in [2.45, 2.75) is 38.3 Å². The second-order valence-electron chi connectivity index (χ2n) is 6.26. The first-order chi connectivity index (χ1) is 9.51. The van der Waals surface area contributed by atoms with Gasteiger partial charge < -0.3 is 19.3 Å². The Labute approximate surface area is 122 Å². The van der Waals surface area contributed by atoms with Crippen LogP contribution in [0.4, 0.5) is 0 Å². The molecule has 1 saturated heterocycles. The molecule has 1 saturated carbocycles. The molecule has 0 N–H and O–H groups in total. The number of nitrogens with zero attached hydrogens (tertiary/aromatic N) is 3. The van der Waals surface area contributed by atoms with Crippen LogP contribution in [0.25, 0.3) is 0 Å². The first-order valence-corrected chi connectivity index (χ1v) is 7.63. The van der Waals surface area contributed by atoms with Crippen LogP contribution in [-0.2, 0) is 9.47 Å². The van der Waals surface area contributed by atoms with Crippen molar-refractivity contribution in [2.24, 2.45) is 10.4 Å². The highest BCUT2D eigenvalue weighted by atomic mass is 16.5. The summed E-state index contributed by atoms with van der Waals surface area (Å²) in [6.07, 6.45) is 3.54. The predicted molar refractivity (Wildman–Crippen MR) is 81.1 cm³/mol. The topological polar surface area (TPSA) is 37.3 Å². The molecule has 1 spiro atoms. The third-order valence-corrected chi connectivity index (χ3v) is 4.61. The van der Waals surface area contributed by atoms with Gasteiger partial charge >= 0.3 is 0 Å². The molecule has 1 aliphatic heterocycles. The minimum Gasteiger partial charge on any atom is -0.381 e. The van der Waals surface area contributed by atoms with Crippen LogP contribution in [0.15, 0.2) is 4.99 Å².